The van der Waals surface area contributed by atoms with E-state index in [2.05, 4.69) is 38.2 Å². The number of nitrogens with one attached hydrogen (secondary N) is 1. The minimum absolute atomic E-state index is 0.0305. The molecule has 2 N–H and O–H groups in total. The molecule has 2 aromatic rings. The normalized spacial score (nSPS) is 26.7. The highest BCUT2D eigenvalue weighted by atomic mass is 16.5. The number of fused-ring (bicyclic) bond motifs is 1. The maximum absolute atomic E-state index is 11.5. The zero-order valence-electron chi connectivity index (χ0n) is 19.8. The molecule has 2 aliphatic carbocycles. The zero-order valence-corrected chi connectivity index (χ0v) is 19.8. The number of nitrogens with zero attached hydrogens (tertiary/aromatic N) is 1. The van der Waals surface area contributed by atoms with E-state index < -0.39 is 5.97 Å². The molecule has 0 unspecified atom stereocenters. The minimum atomic E-state index is -0.687. The summed E-state index contributed by atoms with van der Waals surface area (Å²) in [5, 5.41) is 14.0. The molecule has 1 heterocycles. The third-order valence-corrected chi connectivity index (χ3v) is 7.55. The smallest absolute Gasteiger partial charge is 0.308 e. The summed E-state index contributed by atoms with van der Waals surface area (Å²) >= 11 is 0. The van der Waals surface area contributed by atoms with Gasteiger partial charge in [0.15, 0.2) is 0 Å². The van der Waals surface area contributed by atoms with Crippen molar-refractivity contribution in [1.82, 2.24) is 10.3 Å². The lowest BCUT2D eigenvalue weighted by atomic mass is 9.72. The van der Waals surface area contributed by atoms with E-state index in [0.717, 1.165) is 66.8 Å². The van der Waals surface area contributed by atoms with E-state index in [1.54, 1.807) is 0 Å². The summed E-state index contributed by atoms with van der Waals surface area (Å²) in [6.07, 6.45) is 8.82. The van der Waals surface area contributed by atoms with E-state index in [1.807, 2.05) is 18.2 Å². The molecule has 0 bridgehead atoms. The molecule has 1 aromatic carbocycles. The van der Waals surface area contributed by atoms with Crippen LogP contribution in [0.3, 0.4) is 0 Å². The predicted octanol–water partition coefficient (Wildman–Crippen LogP) is 5.95. The Balaban J connectivity index is 1.35. The third kappa shape index (κ3) is 5.61. The Bertz CT molecular complexity index is 928. The number of hydrogen-bond acceptors (Lipinski definition) is 4. The van der Waals surface area contributed by atoms with Crippen molar-refractivity contribution >= 4 is 16.9 Å². The molecule has 0 saturated heterocycles. The summed E-state index contributed by atoms with van der Waals surface area (Å²) in [7, 11) is 0. The van der Waals surface area contributed by atoms with Gasteiger partial charge < -0.3 is 15.2 Å². The van der Waals surface area contributed by atoms with Crippen LogP contribution < -0.4 is 10.1 Å². The standard InChI is InChI=1S/C27H38N2O3/c1-27(2,3)19-9-12-21(13-10-19)32-22-14-15-24-18(16-22)8-11-20(29-24)17-28-25-7-5-4-6-23(25)26(30)31/h8,11,14-16,19,21,23,25,28H,4-7,9-10,12-13,17H2,1-3H3,(H,30,31)/t19?,21?,23-,25+/m0/s1. The Kier molecular flexibility index (Phi) is 7.04. The molecule has 174 valence electrons. The van der Waals surface area contributed by atoms with Crippen LogP contribution in [0.15, 0.2) is 30.3 Å². The first-order valence-electron chi connectivity index (χ1n) is 12.3. The van der Waals surface area contributed by atoms with Crippen LogP contribution in [0.1, 0.15) is 77.8 Å². The monoisotopic (exact) mass is 438 g/mol. The van der Waals surface area contributed by atoms with E-state index in [0.29, 0.717) is 18.1 Å². The van der Waals surface area contributed by atoms with Crippen molar-refractivity contribution in [2.45, 2.75) is 90.8 Å². The van der Waals surface area contributed by atoms with Crippen LogP contribution in [-0.4, -0.2) is 28.2 Å². The first-order chi connectivity index (χ1) is 15.3. The summed E-state index contributed by atoms with van der Waals surface area (Å²) in [6, 6.07) is 10.3. The molecule has 1 aromatic heterocycles. The van der Waals surface area contributed by atoms with Gasteiger partial charge in [0.1, 0.15) is 5.75 Å². The van der Waals surface area contributed by atoms with Crippen molar-refractivity contribution in [1.29, 1.82) is 0 Å². The van der Waals surface area contributed by atoms with Gasteiger partial charge in [-0.15, -0.1) is 0 Å². The molecule has 0 aliphatic heterocycles. The number of hydrogen-bond donors (Lipinski definition) is 2. The van der Waals surface area contributed by atoms with Gasteiger partial charge in [0, 0.05) is 18.0 Å². The second kappa shape index (κ2) is 9.78. The Morgan fingerprint density at radius 3 is 2.53 bits per heavy atom. The molecule has 2 aliphatic rings. The van der Waals surface area contributed by atoms with Gasteiger partial charge in [-0.2, -0.15) is 0 Å². The summed E-state index contributed by atoms with van der Waals surface area (Å²) < 4.78 is 6.32. The van der Waals surface area contributed by atoms with Crippen LogP contribution in [0.4, 0.5) is 0 Å². The largest absolute Gasteiger partial charge is 0.490 e. The van der Waals surface area contributed by atoms with Gasteiger partial charge in [-0.1, -0.05) is 39.7 Å². The van der Waals surface area contributed by atoms with Crippen molar-refractivity contribution < 1.29 is 14.6 Å². The number of ether oxygens (including phenoxy) is 1. The van der Waals surface area contributed by atoms with Crippen LogP contribution >= 0.6 is 0 Å². The Labute approximate surface area is 192 Å². The number of carboxylic acids is 1. The molecule has 2 fully saturated rings. The fraction of sp³-hybridized carbons (Fsp3) is 0.630. The summed E-state index contributed by atoms with van der Waals surface area (Å²) in [5.74, 6) is 0.737. The van der Waals surface area contributed by atoms with E-state index in [-0.39, 0.29) is 12.0 Å². The highest BCUT2D eigenvalue weighted by molar-refractivity contribution is 5.80. The summed E-state index contributed by atoms with van der Waals surface area (Å²) in [6.45, 7) is 7.63. The number of aromatic nitrogens is 1. The quantitative estimate of drug-likeness (QED) is 0.583. The topological polar surface area (TPSA) is 71.5 Å². The minimum Gasteiger partial charge on any atom is -0.490 e. The second-order valence-corrected chi connectivity index (χ2v) is 10.8. The van der Waals surface area contributed by atoms with E-state index in [9.17, 15) is 9.90 Å². The van der Waals surface area contributed by atoms with Crippen LogP contribution in [0.2, 0.25) is 0 Å². The van der Waals surface area contributed by atoms with Crippen LogP contribution in [0, 0.1) is 17.3 Å². The number of carboxylic acid groups (broad SMARTS) is 1. The molecule has 2 saturated carbocycles. The fourth-order valence-corrected chi connectivity index (χ4v) is 5.46. The number of aliphatic carboxylic acids is 1. The highest BCUT2D eigenvalue weighted by Crippen LogP contribution is 2.39. The average Bonchev–Trinajstić information content (AvgIpc) is 2.77. The maximum atomic E-state index is 11.5. The molecule has 32 heavy (non-hydrogen) atoms. The zero-order chi connectivity index (χ0) is 22.7. The Morgan fingerprint density at radius 2 is 1.81 bits per heavy atom. The van der Waals surface area contributed by atoms with Gasteiger partial charge in [-0.25, -0.2) is 0 Å². The SMILES string of the molecule is CC(C)(C)C1CCC(Oc2ccc3nc(CN[C@@H]4CCCC[C@@H]4C(=O)O)ccc3c2)CC1. The first kappa shape index (κ1) is 23.0. The van der Waals surface area contributed by atoms with Crippen molar-refractivity contribution in [3.05, 3.63) is 36.0 Å². The molecule has 5 nitrogen and oxygen atoms in total. The van der Waals surface area contributed by atoms with Crippen LogP contribution in [0.5, 0.6) is 5.75 Å². The molecule has 4 rings (SSSR count). The van der Waals surface area contributed by atoms with Crippen LogP contribution in [-0.2, 0) is 11.3 Å². The fourth-order valence-electron chi connectivity index (χ4n) is 5.46. The average molecular weight is 439 g/mol. The number of benzene rings is 1. The van der Waals surface area contributed by atoms with Gasteiger partial charge >= 0.3 is 5.97 Å². The number of rotatable bonds is 6. The second-order valence-electron chi connectivity index (χ2n) is 10.8. The lowest BCUT2D eigenvalue weighted by Gasteiger charge is -2.36. The van der Waals surface area contributed by atoms with Crippen molar-refractivity contribution in [3.63, 3.8) is 0 Å². The first-order valence-corrected chi connectivity index (χ1v) is 12.3. The van der Waals surface area contributed by atoms with Crippen molar-refractivity contribution in [2.75, 3.05) is 0 Å². The van der Waals surface area contributed by atoms with Gasteiger partial charge in [0.2, 0.25) is 0 Å². The summed E-state index contributed by atoms with van der Waals surface area (Å²) in [4.78, 5) is 16.3. The highest BCUT2D eigenvalue weighted by Gasteiger charge is 2.31. The maximum Gasteiger partial charge on any atom is 0.308 e. The Hall–Kier alpha value is -2.14. The molecular formula is C27H38N2O3. The number of carbonyl (C=O) groups is 1. The van der Waals surface area contributed by atoms with Crippen molar-refractivity contribution in [3.8, 4) is 5.75 Å². The Morgan fingerprint density at radius 1 is 1.06 bits per heavy atom. The van der Waals surface area contributed by atoms with E-state index in [1.165, 1.54) is 12.8 Å². The lowest BCUT2D eigenvalue weighted by molar-refractivity contribution is -0.143. The van der Waals surface area contributed by atoms with E-state index >= 15 is 0 Å². The molecule has 0 radical (unpaired) electrons. The molecular weight excluding hydrogens is 400 g/mol. The lowest BCUT2D eigenvalue weighted by Crippen LogP contribution is -2.42. The van der Waals surface area contributed by atoms with Crippen molar-refractivity contribution in [2.24, 2.45) is 17.3 Å². The molecule has 2 atom stereocenters. The summed E-state index contributed by atoms with van der Waals surface area (Å²) in [5.41, 5.74) is 2.28. The van der Waals surface area contributed by atoms with Crippen LogP contribution in [0.25, 0.3) is 10.9 Å². The molecule has 0 amide bonds. The molecule has 5 heteroatoms. The third-order valence-electron chi connectivity index (χ3n) is 7.55. The van der Waals surface area contributed by atoms with Gasteiger partial charge in [-0.3, -0.25) is 9.78 Å². The van der Waals surface area contributed by atoms with E-state index in [4.69, 9.17) is 9.72 Å². The molecule has 0 spiro atoms. The number of pyridine rings is 1. The predicted molar refractivity (Wildman–Crippen MR) is 128 cm³/mol. The van der Waals surface area contributed by atoms with Gasteiger partial charge in [-0.05, 0) is 74.1 Å². The van der Waals surface area contributed by atoms with Gasteiger partial charge in [0.05, 0.1) is 23.2 Å². The van der Waals surface area contributed by atoms with Gasteiger partial charge in [0.25, 0.3) is 0 Å².